The smallest absolute Gasteiger partial charge is 0.257 e. The van der Waals surface area contributed by atoms with Crippen molar-refractivity contribution in [1.29, 1.82) is 0 Å². The minimum Gasteiger partial charge on any atom is -0.507 e. The highest BCUT2D eigenvalue weighted by atomic mass is 127. The van der Waals surface area contributed by atoms with Crippen LogP contribution in [0, 0.1) is 3.57 Å². The summed E-state index contributed by atoms with van der Waals surface area (Å²) in [5.41, 5.74) is 7.62. The van der Waals surface area contributed by atoms with Gasteiger partial charge in [-0.2, -0.15) is 0 Å². The van der Waals surface area contributed by atoms with Crippen molar-refractivity contribution < 1.29 is 9.90 Å². The molecule has 0 saturated heterocycles. The van der Waals surface area contributed by atoms with Gasteiger partial charge in [-0.3, -0.25) is 4.79 Å². The molecular weight excluding hydrogens is 367 g/mol. The first-order valence-electron chi connectivity index (χ1n) is 6.06. The van der Waals surface area contributed by atoms with Crippen LogP contribution < -0.4 is 5.73 Å². The van der Waals surface area contributed by atoms with Crippen LogP contribution >= 0.6 is 22.6 Å². The van der Waals surface area contributed by atoms with Crippen molar-refractivity contribution in [2.24, 2.45) is 0 Å². The number of phenolic OH excluding ortho intramolecular Hbond substituents is 1. The lowest BCUT2D eigenvalue weighted by Gasteiger charge is -2.18. The second-order valence-electron chi connectivity index (χ2n) is 4.56. The van der Waals surface area contributed by atoms with Gasteiger partial charge in [0, 0.05) is 22.8 Å². The zero-order valence-electron chi connectivity index (χ0n) is 11.0. The Bertz CT molecular complexity index is 626. The third-order valence-corrected chi connectivity index (χ3v) is 3.61. The summed E-state index contributed by atoms with van der Waals surface area (Å²) in [6.45, 7) is 0.462. The molecule has 1 amide bonds. The van der Waals surface area contributed by atoms with E-state index in [2.05, 4.69) is 22.6 Å². The minimum atomic E-state index is -0.210. The number of nitrogen functional groups attached to an aromatic ring is 1. The molecule has 0 spiro atoms. The standard InChI is InChI=1S/C15H15IN2O2/c1-18(9-10-2-5-12(17)6-3-10)15(20)13-8-11(16)4-7-14(13)19/h2-8,19H,9,17H2,1H3. The van der Waals surface area contributed by atoms with E-state index in [4.69, 9.17) is 5.73 Å². The molecule has 0 radical (unpaired) electrons. The zero-order chi connectivity index (χ0) is 14.7. The fourth-order valence-corrected chi connectivity index (χ4v) is 2.35. The van der Waals surface area contributed by atoms with E-state index in [1.165, 1.54) is 6.07 Å². The lowest BCUT2D eigenvalue weighted by Crippen LogP contribution is -2.26. The van der Waals surface area contributed by atoms with E-state index in [0.717, 1.165) is 9.13 Å². The van der Waals surface area contributed by atoms with Crippen LogP contribution in [0.3, 0.4) is 0 Å². The average molecular weight is 382 g/mol. The largest absolute Gasteiger partial charge is 0.507 e. The van der Waals surface area contributed by atoms with Crippen LogP contribution in [0.4, 0.5) is 5.69 Å². The van der Waals surface area contributed by atoms with Crippen LogP contribution in [0.2, 0.25) is 0 Å². The van der Waals surface area contributed by atoms with Gasteiger partial charge in [-0.25, -0.2) is 0 Å². The van der Waals surface area contributed by atoms with Crippen molar-refractivity contribution in [2.45, 2.75) is 6.54 Å². The van der Waals surface area contributed by atoms with Gasteiger partial charge >= 0.3 is 0 Å². The molecule has 0 aromatic heterocycles. The summed E-state index contributed by atoms with van der Waals surface area (Å²) in [6, 6.07) is 12.3. The summed E-state index contributed by atoms with van der Waals surface area (Å²) >= 11 is 2.11. The number of aromatic hydroxyl groups is 1. The zero-order valence-corrected chi connectivity index (χ0v) is 13.2. The van der Waals surface area contributed by atoms with Gasteiger partial charge in [-0.15, -0.1) is 0 Å². The number of rotatable bonds is 3. The summed E-state index contributed by atoms with van der Waals surface area (Å²) in [5.74, 6) is -0.211. The van der Waals surface area contributed by atoms with Crippen molar-refractivity contribution >= 4 is 34.2 Å². The molecule has 0 aliphatic rings. The van der Waals surface area contributed by atoms with Crippen molar-refractivity contribution in [1.82, 2.24) is 4.90 Å². The molecule has 0 bridgehead atoms. The lowest BCUT2D eigenvalue weighted by atomic mass is 10.1. The number of nitrogens with zero attached hydrogens (tertiary/aromatic N) is 1. The van der Waals surface area contributed by atoms with Gasteiger partial charge in [0.1, 0.15) is 5.75 Å². The van der Waals surface area contributed by atoms with Crippen LogP contribution in [-0.2, 0) is 6.54 Å². The first kappa shape index (κ1) is 14.6. The highest BCUT2D eigenvalue weighted by Gasteiger charge is 2.16. The Hall–Kier alpha value is -1.76. The van der Waals surface area contributed by atoms with Crippen LogP contribution in [0.1, 0.15) is 15.9 Å². The number of anilines is 1. The Labute approximate surface area is 131 Å². The topological polar surface area (TPSA) is 66.6 Å². The Kier molecular flexibility index (Phi) is 4.49. The molecule has 0 atom stereocenters. The van der Waals surface area contributed by atoms with Gasteiger partial charge in [-0.05, 0) is 58.5 Å². The minimum absolute atomic E-state index is 0.000396. The Morgan fingerprint density at radius 2 is 1.90 bits per heavy atom. The molecular formula is C15H15IN2O2. The highest BCUT2D eigenvalue weighted by Crippen LogP contribution is 2.21. The summed E-state index contributed by atoms with van der Waals surface area (Å²) in [5, 5.41) is 9.79. The number of phenols is 1. The SMILES string of the molecule is CN(Cc1ccc(N)cc1)C(=O)c1cc(I)ccc1O. The fourth-order valence-electron chi connectivity index (χ4n) is 1.85. The number of amides is 1. The van der Waals surface area contributed by atoms with Crippen molar-refractivity contribution in [3.05, 3.63) is 57.2 Å². The molecule has 4 nitrogen and oxygen atoms in total. The van der Waals surface area contributed by atoms with E-state index in [1.807, 2.05) is 12.1 Å². The molecule has 3 N–H and O–H groups in total. The quantitative estimate of drug-likeness (QED) is 0.634. The number of nitrogens with two attached hydrogens (primary N) is 1. The average Bonchev–Trinajstić information content (AvgIpc) is 2.43. The fraction of sp³-hybridized carbons (Fsp3) is 0.133. The molecule has 0 unspecified atom stereocenters. The predicted molar refractivity (Wildman–Crippen MR) is 87.5 cm³/mol. The lowest BCUT2D eigenvalue weighted by molar-refractivity contribution is 0.0782. The number of hydrogen-bond acceptors (Lipinski definition) is 3. The van der Waals surface area contributed by atoms with E-state index in [9.17, 15) is 9.90 Å². The van der Waals surface area contributed by atoms with Crippen molar-refractivity contribution in [2.75, 3.05) is 12.8 Å². The van der Waals surface area contributed by atoms with Gasteiger partial charge in [0.2, 0.25) is 0 Å². The van der Waals surface area contributed by atoms with E-state index in [0.29, 0.717) is 17.8 Å². The third kappa shape index (κ3) is 3.41. The van der Waals surface area contributed by atoms with Crippen molar-refractivity contribution in [3.8, 4) is 5.75 Å². The first-order chi connectivity index (χ1) is 9.47. The number of carbonyl (C=O) groups excluding carboxylic acids is 1. The summed E-state index contributed by atoms with van der Waals surface area (Å²) in [4.78, 5) is 13.9. The monoisotopic (exact) mass is 382 g/mol. The van der Waals surface area contributed by atoms with E-state index >= 15 is 0 Å². The van der Waals surface area contributed by atoms with Crippen LogP contribution in [0.5, 0.6) is 5.75 Å². The van der Waals surface area contributed by atoms with Gasteiger partial charge in [0.15, 0.2) is 0 Å². The molecule has 2 aromatic carbocycles. The molecule has 0 saturated carbocycles. The molecule has 0 aliphatic carbocycles. The molecule has 0 aliphatic heterocycles. The van der Waals surface area contributed by atoms with Gasteiger partial charge in [0.05, 0.1) is 5.56 Å². The number of carbonyl (C=O) groups is 1. The number of benzene rings is 2. The highest BCUT2D eigenvalue weighted by molar-refractivity contribution is 14.1. The van der Waals surface area contributed by atoms with E-state index < -0.39 is 0 Å². The maximum Gasteiger partial charge on any atom is 0.257 e. The Morgan fingerprint density at radius 1 is 1.25 bits per heavy atom. The molecule has 5 heteroatoms. The molecule has 104 valence electrons. The molecule has 0 fully saturated rings. The van der Waals surface area contributed by atoms with Crippen molar-refractivity contribution in [3.63, 3.8) is 0 Å². The van der Waals surface area contributed by atoms with Gasteiger partial charge < -0.3 is 15.7 Å². The molecule has 0 heterocycles. The predicted octanol–water partition coefficient (Wildman–Crippen LogP) is 2.85. The third-order valence-electron chi connectivity index (χ3n) is 2.94. The van der Waals surface area contributed by atoms with E-state index in [-0.39, 0.29) is 11.7 Å². The maximum atomic E-state index is 12.3. The van der Waals surface area contributed by atoms with Gasteiger partial charge in [0.25, 0.3) is 5.91 Å². The summed E-state index contributed by atoms with van der Waals surface area (Å²) < 4.78 is 0.907. The maximum absolute atomic E-state index is 12.3. The summed E-state index contributed by atoms with van der Waals surface area (Å²) in [7, 11) is 1.71. The summed E-state index contributed by atoms with van der Waals surface area (Å²) in [6.07, 6.45) is 0. The molecule has 2 rings (SSSR count). The van der Waals surface area contributed by atoms with E-state index in [1.54, 1.807) is 36.2 Å². The Morgan fingerprint density at radius 3 is 2.55 bits per heavy atom. The number of halogens is 1. The second-order valence-corrected chi connectivity index (χ2v) is 5.81. The molecule has 20 heavy (non-hydrogen) atoms. The molecule has 2 aromatic rings. The number of hydrogen-bond donors (Lipinski definition) is 2. The van der Waals surface area contributed by atoms with Gasteiger partial charge in [-0.1, -0.05) is 12.1 Å². The Balaban J connectivity index is 2.16. The van der Waals surface area contributed by atoms with Crippen LogP contribution in [0.25, 0.3) is 0 Å². The first-order valence-corrected chi connectivity index (χ1v) is 7.13. The normalized spacial score (nSPS) is 10.3. The van der Waals surface area contributed by atoms with Crippen LogP contribution in [-0.4, -0.2) is 23.0 Å². The van der Waals surface area contributed by atoms with Crippen LogP contribution in [0.15, 0.2) is 42.5 Å². The second kappa shape index (κ2) is 6.13.